The Labute approximate surface area is 190 Å². The number of rotatable bonds is 9. The molecule has 5 nitrogen and oxygen atoms in total. The highest BCUT2D eigenvalue weighted by Gasteiger charge is 2.16. The summed E-state index contributed by atoms with van der Waals surface area (Å²) in [6, 6.07) is 18.3. The van der Waals surface area contributed by atoms with Crippen LogP contribution < -0.4 is 10.6 Å². The summed E-state index contributed by atoms with van der Waals surface area (Å²) in [4.78, 5) is 25.4. The van der Waals surface area contributed by atoms with Gasteiger partial charge in [-0.15, -0.1) is 0 Å². The number of carbonyl (C=O) groups excluding carboxylic acids is 2. The minimum absolute atomic E-state index is 0.124. The van der Waals surface area contributed by atoms with E-state index in [2.05, 4.69) is 10.6 Å². The highest BCUT2D eigenvalue weighted by Crippen LogP contribution is 2.20. The van der Waals surface area contributed by atoms with Crippen LogP contribution in [-0.4, -0.2) is 24.1 Å². The van der Waals surface area contributed by atoms with Gasteiger partial charge in [0.1, 0.15) is 11.5 Å². The summed E-state index contributed by atoms with van der Waals surface area (Å²) < 4.78 is 5.30. The molecule has 3 rings (SSSR count). The lowest BCUT2D eigenvalue weighted by molar-refractivity contribution is -0.117. The molecule has 0 atom stereocenters. The number of hydrogen-bond acceptors (Lipinski definition) is 4. The largest absolute Gasteiger partial charge is 0.465 e. The van der Waals surface area contributed by atoms with Crippen LogP contribution in [0.3, 0.4) is 0 Å². The van der Waals surface area contributed by atoms with Crippen molar-refractivity contribution in [3.8, 4) is 0 Å². The van der Waals surface area contributed by atoms with Crippen molar-refractivity contribution in [2.75, 3.05) is 12.3 Å². The second kappa shape index (κ2) is 11.4. The van der Waals surface area contributed by atoms with Crippen LogP contribution in [-0.2, 0) is 10.5 Å². The monoisotopic (exact) mass is 454 g/mol. The molecule has 0 radical (unpaired) electrons. The molecule has 2 N–H and O–H groups in total. The Morgan fingerprint density at radius 1 is 1.06 bits per heavy atom. The van der Waals surface area contributed by atoms with Crippen molar-refractivity contribution in [3.05, 3.63) is 100 Å². The molecule has 0 fully saturated rings. The number of hydrogen-bond donors (Lipinski definition) is 2. The molecule has 0 unspecified atom stereocenters. The molecule has 0 aliphatic carbocycles. The van der Waals surface area contributed by atoms with Crippen molar-refractivity contribution in [1.82, 2.24) is 10.6 Å². The molecule has 0 saturated carbocycles. The molecule has 160 valence electrons. The Morgan fingerprint density at radius 2 is 1.84 bits per heavy atom. The van der Waals surface area contributed by atoms with Crippen LogP contribution in [0.25, 0.3) is 6.08 Å². The molecule has 0 aliphatic rings. The van der Waals surface area contributed by atoms with Gasteiger partial charge >= 0.3 is 0 Å². The first-order valence-electron chi connectivity index (χ1n) is 9.76. The predicted octanol–water partition coefficient (Wildman–Crippen LogP) is 5.06. The fourth-order valence-electron chi connectivity index (χ4n) is 2.82. The van der Waals surface area contributed by atoms with Gasteiger partial charge in [0.25, 0.3) is 11.8 Å². The number of aryl methyl sites for hydroxylation is 1. The van der Waals surface area contributed by atoms with E-state index < -0.39 is 0 Å². The zero-order chi connectivity index (χ0) is 22.1. The number of nitrogens with one attached hydrogen (secondary N) is 2. The Balaban J connectivity index is 1.59. The first kappa shape index (κ1) is 22.7. The lowest BCUT2D eigenvalue weighted by Gasteiger charge is -2.12. The van der Waals surface area contributed by atoms with E-state index in [0.29, 0.717) is 23.6 Å². The van der Waals surface area contributed by atoms with Gasteiger partial charge in [-0.2, -0.15) is 11.8 Å². The normalized spacial score (nSPS) is 11.2. The first-order chi connectivity index (χ1) is 15.0. The molecule has 1 heterocycles. The number of halogens is 1. The predicted molar refractivity (Wildman–Crippen MR) is 126 cm³/mol. The Morgan fingerprint density at radius 3 is 2.58 bits per heavy atom. The van der Waals surface area contributed by atoms with Gasteiger partial charge < -0.3 is 15.1 Å². The lowest BCUT2D eigenvalue weighted by atomic mass is 10.1. The molecule has 7 heteroatoms. The summed E-state index contributed by atoms with van der Waals surface area (Å²) in [7, 11) is 0. The fourth-order valence-corrected chi connectivity index (χ4v) is 3.97. The summed E-state index contributed by atoms with van der Waals surface area (Å²) in [5.74, 6) is 1.21. The minimum Gasteiger partial charge on any atom is -0.465 e. The van der Waals surface area contributed by atoms with Crippen LogP contribution >= 0.6 is 23.4 Å². The standard InChI is InChI=1S/C24H23ClN2O3S/c1-17-7-2-4-10-20(17)23(28)27-22(15-19-9-6-13-30-19)24(29)26-12-14-31-16-18-8-3-5-11-21(18)25/h2-11,13,15H,12,14,16H2,1H3,(H,26,29)(H,27,28)/b22-15-. The van der Waals surface area contributed by atoms with E-state index in [4.69, 9.17) is 16.0 Å². The molecule has 31 heavy (non-hydrogen) atoms. The van der Waals surface area contributed by atoms with Crippen molar-refractivity contribution in [2.24, 2.45) is 0 Å². The molecule has 0 aliphatic heterocycles. The number of carbonyl (C=O) groups is 2. The van der Waals surface area contributed by atoms with Crippen LogP contribution in [0, 0.1) is 6.92 Å². The van der Waals surface area contributed by atoms with Gasteiger partial charge in [-0.1, -0.05) is 48.0 Å². The minimum atomic E-state index is -0.378. The number of furan rings is 1. The van der Waals surface area contributed by atoms with E-state index in [-0.39, 0.29) is 17.5 Å². The molecule has 3 aromatic rings. The molecule has 2 aromatic carbocycles. The molecular formula is C24H23ClN2O3S. The van der Waals surface area contributed by atoms with Crippen molar-refractivity contribution in [2.45, 2.75) is 12.7 Å². The molecule has 0 spiro atoms. The molecule has 2 amide bonds. The average molecular weight is 455 g/mol. The van der Waals surface area contributed by atoms with Crippen LogP contribution in [0.4, 0.5) is 0 Å². The smallest absolute Gasteiger partial charge is 0.267 e. The van der Waals surface area contributed by atoms with Crippen LogP contribution in [0.2, 0.25) is 5.02 Å². The quantitative estimate of drug-likeness (QED) is 0.350. The van der Waals surface area contributed by atoms with Crippen LogP contribution in [0.15, 0.2) is 77.0 Å². The fraction of sp³-hybridized carbons (Fsp3) is 0.167. The van der Waals surface area contributed by atoms with Crippen LogP contribution in [0.5, 0.6) is 0 Å². The maximum absolute atomic E-state index is 12.7. The van der Waals surface area contributed by atoms with E-state index in [9.17, 15) is 9.59 Å². The highest BCUT2D eigenvalue weighted by atomic mass is 35.5. The Bertz CT molecular complexity index is 1060. The Kier molecular flexibility index (Phi) is 8.38. The number of thioether (sulfide) groups is 1. The molecule has 0 bridgehead atoms. The second-order valence-electron chi connectivity index (χ2n) is 6.74. The summed E-state index contributed by atoms with van der Waals surface area (Å²) in [6.07, 6.45) is 3.03. The summed E-state index contributed by atoms with van der Waals surface area (Å²) >= 11 is 7.83. The van der Waals surface area contributed by atoms with E-state index in [1.165, 1.54) is 12.3 Å². The maximum Gasteiger partial charge on any atom is 0.267 e. The SMILES string of the molecule is Cc1ccccc1C(=O)N/C(=C\c1ccco1)C(=O)NCCSCc1ccccc1Cl. The van der Waals surface area contributed by atoms with Gasteiger partial charge in [0, 0.05) is 34.7 Å². The van der Waals surface area contributed by atoms with Crippen molar-refractivity contribution in [3.63, 3.8) is 0 Å². The topological polar surface area (TPSA) is 71.3 Å². The van der Waals surface area contributed by atoms with Crippen molar-refractivity contribution in [1.29, 1.82) is 0 Å². The first-order valence-corrected chi connectivity index (χ1v) is 11.3. The van der Waals surface area contributed by atoms with Crippen molar-refractivity contribution >= 4 is 41.3 Å². The summed E-state index contributed by atoms with van der Waals surface area (Å²) in [6.45, 7) is 2.30. The summed E-state index contributed by atoms with van der Waals surface area (Å²) in [5, 5.41) is 6.30. The molecule has 1 aromatic heterocycles. The van der Waals surface area contributed by atoms with Crippen molar-refractivity contribution < 1.29 is 14.0 Å². The van der Waals surface area contributed by atoms with Gasteiger partial charge in [-0.3, -0.25) is 9.59 Å². The van der Waals surface area contributed by atoms with Gasteiger partial charge in [-0.25, -0.2) is 0 Å². The molecule has 0 saturated heterocycles. The lowest BCUT2D eigenvalue weighted by Crippen LogP contribution is -2.36. The van der Waals surface area contributed by atoms with Gasteiger partial charge in [0.05, 0.1) is 6.26 Å². The van der Waals surface area contributed by atoms with Gasteiger partial charge in [-0.05, 0) is 42.3 Å². The average Bonchev–Trinajstić information content (AvgIpc) is 3.27. The zero-order valence-corrected chi connectivity index (χ0v) is 18.6. The third-order valence-electron chi connectivity index (χ3n) is 4.46. The number of amides is 2. The van der Waals surface area contributed by atoms with Crippen LogP contribution in [0.1, 0.15) is 27.2 Å². The third-order valence-corrected chi connectivity index (χ3v) is 5.84. The van der Waals surface area contributed by atoms with E-state index in [0.717, 1.165) is 21.9 Å². The van der Waals surface area contributed by atoms with E-state index in [1.54, 1.807) is 36.0 Å². The Hall–Kier alpha value is -2.96. The third kappa shape index (κ3) is 6.77. The molecular weight excluding hydrogens is 432 g/mol. The number of benzene rings is 2. The van der Waals surface area contributed by atoms with Gasteiger partial charge in [0.2, 0.25) is 0 Å². The summed E-state index contributed by atoms with van der Waals surface area (Å²) in [5.41, 5.74) is 2.52. The second-order valence-corrected chi connectivity index (χ2v) is 8.25. The maximum atomic E-state index is 12.7. The van der Waals surface area contributed by atoms with E-state index >= 15 is 0 Å². The highest BCUT2D eigenvalue weighted by molar-refractivity contribution is 7.98. The zero-order valence-electron chi connectivity index (χ0n) is 17.1. The van der Waals surface area contributed by atoms with E-state index in [1.807, 2.05) is 43.3 Å². The van der Waals surface area contributed by atoms with Gasteiger partial charge in [0.15, 0.2) is 0 Å².